The fourth-order valence-electron chi connectivity index (χ4n) is 2.34. The van der Waals surface area contributed by atoms with Gasteiger partial charge in [0.05, 0.1) is 12.2 Å². The molecule has 1 heterocycles. The number of nitrogens with two attached hydrogens (primary N) is 1. The predicted molar refractivity (Wildman–Crippen MR) is 74.7 cm³/mol. The standard InChI is InChI=1S/C14H21ClN2O/c1-14(2)10-17(5-6-18-14)9-12-4-3-11(8-16)7-13(12)15/h3-4,7H,5-6,8-10,16H2,1-2H3. The summed E-state index contributed by atoms with van der Waals surface area (Å²) in [5, 5.41) is 0.808. The van der Waals surface area contributed by atoms with Gasteiger partial charge in [-0.25, -0.2) is 0 Å². The SMILES string of the molecule is CC1(C)CN(Cc2ccc(CN)cc2Cl)CCO1. The van der Waals surface area contributed by atoms with E-state index in [2.05, 4.69) is 24.8 Å². The summed E-state index contributed by atoms with van der Waals surface area (Å²) < 4.78 is 5.71. The minimum Gasteiger partial charge on any atom is -0.373 e. The number of ether oxygens (including phenoxy) is 1. The van der Waals surface area contributed by atoms with Crippen molar-refractivity contribution in [2.24, 2.45) is 5.73 Å². The van der Waals surface area contributed by atoms with Gasteiger partial charge in [-0.1, -0.05) is 23.7 Å². The molecule has 1 aromatic rings. The van der Waals surface area contributed by atoms with Crippen LogP contribution in [0.3, 0.4) is 0 Å². The number of hydrogen-bond donors (Lipinski definition) is 1. The fraction of sp³-hybridized carbons (Fsp3) is 0.571. The molecule has 2 N–H and O–H groups in total. The van der Waals surface area contributed by atoms with E-state index in [0.29, 0.717) is 6.54 Å². The number of nitrogens with zero attached hydrogens (tertiary/aromatic N) is 1. The highest BCUT2D eigenvalue weighted by molar-refractivity contribution is 6.31. The van der Waals surface area contributed by atoms with Crippen molar-refractivity contribution in [1.82, 2.24) is 4.90 Å². The third-order valence-corrected chi connectivity index (χ3v) is 3.60. The molecule has 100 valence electrons. The van der Waals surface area contributed by atoms with E-state index in [1.807, 2.05) is 12.1 Å². The Morgan fingerprint density at radius 3 is 2.83 bits per heavy atom. The van der Waals surface area contributed by atoms with Crippen LogP contribution >= 0.6 is 11.6 Å². The van der Waals surface area contributed by atoms with E-state index in [1.54, 1.807) is 0 Å². The molecule has 0 spiro atoms. The van der Waals surface area contributed by atoms with Crippen molar-refractivity contribution >= 4 is 11.6 Å². The fourth-order valence-corrected chi connectivity index (χ4v) is 2.60. The topological polar surface area (TPSA) is 38.5 Å². The highest BCUT2D eigenvalue weighted by Gasteiger charge is 2.27. The van der Waals surface area contributed by atoms with Crippen molar-refractivity contribution in [3.05, 3.63) is 34.3 Å². The van der Waals surface area contributed by atoms with E-state index in [1.165, 1.54) is 0 Å². The van der Waals surface area contributed by atoms with E-state index >= 15 is 0 Å². The van der Waals surface area contributed by atoms with E-state index in [-0.39, 0.29) is 5.60 Å². The lowest BCUT2D eigenvalue weighted by Gasteiger charge is -2.38. The zero-order valence-electron chi connectivity index (χ0n) is 11.1. The maximum Gasteiger partial charge on any atom is 0.0753 e. The third-order valence-electron chi connectivity index (χ3n) is 3.25. The van der Waals surface area contributed by atoms with E-state index in [9.17, 15) is 0 Å². The van der Waals surface area contributed by atoms with Crippen LogP contribution in [-0.2, 0) is 17.8 Å². The first-order valence-electron chi connectivity index (χ1n) is 6.34. The monoisotopic (exact) mass is 268 g/mol. The Bertz CT molecular complexity index is 420. The van der Waals surface area contributed by atoms with Crippen molar-refractivity contribution in [2.45, 2.75) is 32.5 Å². The second-order valence-corrected chi connectivity index (χ2v) is 5.86. The molecule has 1 saturated heterocycles. The van der Waals surface area contributed by atoms with Crippen LogP contribution in [0.4, 0.5) is 0 Å². The van der Waals surface area contributed by atoms with Crippen molar-refractivity contribution in [1.29, 1.82) is 0 Å². The van der Waals surface area contributed by atoms with Crippen molar-refractivity contribution in [3.63, 3.8) is 0 Å². The van der Waals surface area contributed by atoms with Crippen molar-refractivity contribution < 1.29 is 4.74 Å². The van der Waals surface area contributed by atoms with Gasteiger partial charge >= 0.3 is 0 Å². The smallest absolute Gasteiger partial charge is 0.0753 e. The third kappa shape index (κ3) is 3.45. The summed E-state index contributed by atoms with van der Waals surface area (Å²) in [6.45, 7) is 8.32. The summed E-state index contributed by atoms with van der Waals surface area (Å²) in [4.78, 5) is 2.38. The number of benzene rings is 1. The highest BCUT2D eigenvalue weighted by atomic mass is 35.5. The number of rotatable bonds is 3. The van der Waals surface area contributed by atoms with Crippen LogP contribution in [0.2, 0.25) is 5.02 Å². The minimum atomic E-state index is -0.0675. The molecular weight excluding hydrogens is 248 g/mol. The molecule has 4 heteroatoms. The lowest BCUT2D eigenvalue weighted by atomic mass is 10.1. The summed E-state index contributed by atoms with van der Waals surface area (Å²) in [6, 6.07) is 6.09. The molecule has 18 heavy (non-hydrogen) atoms. The molecular formula is C14H21ClN2O. The zero-order valence-corrected chi connectivity index (χ0v) is 11.8. The maximum atomic E-state index is 6.28. The van der Waals surface area contributed by atoms with Crippen LogP contribution < -0.4 is 5.73 Å². The molecule has 1 aliphatic heterocycles. The number of hydrogen-bond acceptors (Lipinski definition) is 3. The molecule has 1 fully saturated rings. The van der Waals surface area contributed by atoms with Crippen molar-refractivity contribution in [3.8, 4) is 0 Å². The minimum absolute atomic E-state index is 0.0675. The molecule has 0 saturated carbocycles. The zero-order chi connectivity index (χ0) is 13.2. The van der Waals surface area contributed by atoms with Gasteiger partial charge in [-0.05, 0) is 31.0 Å². The molecule has 2 rings (SSSR count). The lowest BCUT2D eigenvalue weighted by Crippen LogP contribution is -2.47. The quantitative estimate of drug-likeness (QED) is 0.915. The molecule has 0 aliphatic carbocycles. The van der Waals surface area contributed by atoms with E-state index in [4.69, 9.17) is 22.1 Å². The molecule has 0 amide bonds. The second-order valence-electron chi connectivity index (χ2n) is 5.45. The normalized spacial score (nSPS) is 20.0. The van der Waals surface area contributed by atoms with E-state index in [0.717, 1.165) is 42.4 Å². The average Bonchev–Trinajstić information content (AvgIpc) is 2.30. The molecule has 1 aromatic carbocycles. The van der Waals surface area contributed by atoms with Crippen LogP contribution in [0.25, 0.3) is 0 Å². The van der Waals surface area contributed by atoms with Gasteiger partial charge in [0.2, 0.25) is 0 Å². The summed E-state index contributed by atoms with van der Waals surface area (Å²) in [7, 11) is 0. The Morgan fingerprint density at radius 1 is 1.44 bits per heavy atom. The molecule has 0 bridgehead atoms. The molecule has 3 nitrogen and oxygen atoms in total. The van der Waals surface area contributed by atoms with Gasteiger partial charge in [-0.3, -0.25) is 4.90 Å². The van der Waals surface area contributed by atoms with E-state index < -0.39 is 0 Å². The Hall–Kier alpha value is -0.610. The van der Waals surface area contributed by atoms with Crippen LogP contribution in [0, 0.1) is 0 Å². The Kier molecular flexibility index (Phi) is 4.28. The van der Waals surface area contributed by atoms with Crippen LogP contribution in [0.15, 0.2) is 18.2 Å². The summed E-state index contributed by atoms with van der Waals surface area (Å²) >= 11 is 6.28. The number of morpholine rings is 1. The van der Waals surface area contributed by atoms with Crippen LogP contribution in [-0.4, -0.2) is 30.2 Å². The predicted octanol–water partition coefficient (Wildman–Crippen LogP) is 2.41. The van der Waals surface area contributed by atoms with Gasteiger partial charge in [0.25, 0.3) is 0 Å². The summed E-state index contributed by atoms with van der Waals surface area (Å²) in [6.07, 6.45) is 0. The first kappa shape index (κ1) is 13.8. The second kappa shape index (κ2) is 5.57. The molecule has 0 aromatic heterocycles. The molecule has 0 atom stereocenters. The maximum absolute atomic E-state index is 6.28. The Balaban J connectivity index is 2.05. The molecule has 0 radical (unpaired) electrons. The van der Waals surface area contributed by atoms with Gasteiger partial charge in [0.15, 0.2) is 0 Å². The van der Waals surface area contributed by atoms with Gasteiger partial charge in [-0.2, -0.15) is 0 Å². The Morgan fingerprint density at radius 2 is 2.22 bits per heavy atom. The van der Waals surface area contributed by atoms with Gasteiger partial charge in [0, 0.05) is 31.2 Å². The van der Waals surface area contributed by atoms with Crippen molar-refractivity contribution in [2.75, 3.05) is 19.7 Å². The van der Waals surface area contributed by atoms with Crippen LogP contribution in [0.1, 0.15) is 25.0 Å². The largest absolute Gasteiger partial charge is 0.373 e. The first-order valence-corrected chi connectivity index (χ1v) is 6.72. The van der Waals surface area contributed by atoms with Gasteiger partial charge < -0.3 is 10.5 Å². The van der Waals surface area contributed by atoms with Crippen LogP contribution in [0.5, 0.6) is 0 Å². The summed E-state index contributed by atoms with van der Waals surface area (Å²) in [5.41, 5.74) is 7.77. The molecule has 1 aliphatic rings. The summed E-state index contributed by atoms with van der Waals surface area (Å²) in [5.74, 6) is 0. The Labute approximate surface area is 114 Å². The highest BCUT2D eigenvalue weighted by Crippen LogP contribution is 2.23. The van der Waals surface area contributed by atoms with Gasteiger partial charge in [-0.15, -0.1) is 0 Å². The lowest BCUT2D eigenvalue weighted by molar-refractivity contribution is -0.0882. The number of halogens is 1. The molecule has 0 unspecified atom stereocenters. The first-order chi connectivity index (χ1) is 8.50. The van der Waals surface area contributed by atoms with Gasteiger partial charge in [0.1, 0.15) is 0 Å². The average molecular weight is 269 g/mol.